The molecule has 0 aliphatic heterocycles. The molecule has 2 aromatic rings. The highest BCUT2D eigenvalue weighted by Crippen LogP contribution is 2.09. The number of rotatable bonds is 4. The summed E-state index contributed by atoms with van der Waals surface area (Å²) >= 11 is 0. The number of benzene rings is 1. The van der Waals surface area contributed by atoms with E-state index in [0.29, 0.717) is 6.61 Å². The summed E-state index contributed by atoms with van der Waals surface area (Å²) in [7, 11) is 4.06. The third-order valence-corrected chi connectivity index (χ3v) is 2.81. The lowest BCUT2D eigenvalue weighted by Gasteiger charge is -2.11. The molecular formula is C15H19N2O+. The average molecular weight is 243 g/mol. The van der Waals surface area contributed by atoms with Gasteiger partial charge in [-0.15, -0.1) is 0 Å². The topological polar surface area (TPSA) is 16.4 Å². The van der Waals surface area contributed by atoms with Crippen molar-refractivity contribution in [3.05, 3.63) is 59.9 Å². The van der Waals surface area contributed by atoms with Gasteiger partial charge in [-0.25, -0.2) is 0 Å². The van der Waals surface area contributed by atoms with Gasteiger partial charge in [-0.3, -0.25) is 4.84 Å². The van der Waals surface area contributed by atoms with Crippen molar-refractivity contribution < 1.29 is 9.57 Å². The van der Waals surface area contributed by atoms with E-state index in [2.05, 4.69) is 23.1 Å². The van der Waals surface area contributed by atoms with Gasteiger partial charge >= 0.3 is 0 Å². The maximum atomic E-state index is 5.76. The number of hydrogen-bond acceptors (Lipinski definition) is 2. The Labute approximate surface area is 108 Å². The molecular weight excluding hydrogens is 224 g/mol. The highest BCUT2D eigenvalue weighted by atomic mass is 16.7. The van der Waals surface area contributed by atoms with E-state index in [1.165, 1.54) is 11.3 Å². The zero-order valence-electron chi connectivity index (χ0n) is 11.1. The van der Waals surface area contributed by atoms with Crippen LogP contribution in [0, 0.1) is 6.92 Å². The molecule has 1 heterocycles. The molecule has 0 saturated carbocycles. The Balaban J connectivity index is 2.06. The van der Waals surface area contributed by atoms with Gasteiger partial charge in [0.25, 0.3) is 0 Å². The van der Waals surface area contributed by atoms with E-state index in [9.17, 15) is 0 Å². The second-order valence-corrected chi connectivity index (χ2v) is 4.51. The van der Waals surface area contributed by atoms with Gasteiger partial charge < -0.3 is 4.90 Å². The van der Waals surface area contributed by atoms with Crippen molar-refractivity contribution in [3.63, 3.8) is 0 Å². The molecule has 0 amide bonds. The molecule has 0 radical (unpaired) electrons. The van der Waals surface area contributed by atoms with Gasteiger partial charge in [-0.05, 0) is 5.56 Å². The normalized spacial score (nSPS) is 10.2. The summed E-state index contributed by atoms with van der Waals surface area (Å²) in [6, 6.07) is 14.3. The van der Waals surface area contributed by atoms with Crippen LogP contribution >= 0.6 is 0 Å². The number of aryl methyl sites for hydroxylation is 1. The van der Waals surface area contributed by atoms with E-state index >= 15 is 0 Å². The first-order valence-corrected chi connectivity index (χ1v) is 6.03. The summed E-state index contributed by atoms with van der Waals surface area (Å²) in [5, 5.41) is 0. The molecule has 3 heteroatoms. The molecule has 0 bridgehead atoms. The fourth-order valence-corrected chi connectivity index (χ4v) is 1.73. The van der Waals surface area contributed by atoms with Crippen molar-refractivity contribution in [2.24, 2.45) is 0 Å². The largest absolute Gasteiger partial charge is 0.377 e. The van der Waals surface area contributed by atoms with Crippen molar-refractivity contribution in [2.75, 3.05) is 19.0 Å². The van der Waals surface area contributed by atoms with Crippen LogP contribution in [0.1, 0.15) is 11.3 Å². The quantitative estimate of drug-likeness (QED) is 0.763. The highest BCUT2D eigenvalue weighted by Gasteiger charge is 2.10. The second-order valence-electron chi connectivity index (χ2n) is 4.51. The third kappa shape index (κ3) is 3.00. The number of anilines is 1. The van der Waals surface area contributed by atoms with E-state index in [4.69, 9.17) is 4.84 Å². The molecule has 1 aromatic heterocycles. The predicted molar refractivity (Wildman–Crippen MR) is 72.4 cm³/mol. The van der Waals surface area contributed by atoms with Crippen molar-refractivity contribution in [2.45, 2.75) is 13.5 Å². The second kappa shape index (κ2) is 5.54. The summed E-state index contributed by atoms with van der Waals surface area (Å²) < 4.78 is 1.81. The fraction of sp³-hybridized carbons (Fsp3) is 0.267. The van der Waals surface area contributed by atoms with Crippen LogP contribution in [0.3, 0.4) is 0 Å². The van der Waals surface area contributed by atoms with Crippen LogP contribution in [0.4, 0.5) is 5.69 Å². The SMILES string of the molecule is Cc1cc(N(C)C)cc[n+]1OCc1ccccc1. The van der Waals surface area contributed by atoms with Gasteiger partial charge in [0.15, 0.2) is 6.61 Å². The summed E-state index contributed by atoms with van der Waals surface area (Å²) in [6.07, 6.45) is 1.95. The van der Waals surface area contributed by atoms with Gasteiger partial charge in [-0.1, -0.05) is 30.3 Å². The van der Waals surface area contributed by atoms with Crippen LogP contribution in [0.2, 0.25) is 0 Å². The van der Waals surface area contributed by atoms with Crippen LogP contribution < -0.4 is 14.5 Å². The van der Waals surface area contributed by atoms with Crippen LogP contribution in [-0.4, -0.2) is 14.1 Å². The average Bonchev–Trinajstić information content (AvgIpc) is 2.38. The molecule has 0 atom stereocenters. The lowest BCUT2D eigenvalue weighted by atomic mass is 10.2. The minimum atomic E-state index is 0.577. The molecule has 0 fully saturated rings. The summed E-state index contributed by atoms with van der Waals surface area (Å²) in [5.74, 6) is 0. The summed E-state index contributed by atoms with van der Waals surface area (Å²) in [6.45, 7) is 2.62. The lowest BCUT2D eigenvalue weighted by Crippen LogP contribution is -2.44. The van der Waals surface area contributed by atoms with E-state index in [0.717, 1.165) is 5.69 Å². The van der Waals surface area contributed by atoms with Gasteiger partial charge in [0, 0.05) is 43.6 Å². The predicted octanol–water partition coefficient (Wildman–Crippen LogP) is 1.98. The molecule has 18 heavy (non-hydrogen) atoms. The first kappa shape index (κ1) is 12.4. The smallest absolute Gasteiger partial charge is 0.233 e. The maximum Gasteiger partial charge on any atom is 0.233 e. The van der Waals surface area contributed by atoms with E-state index in [1.807, 2.05) is 51.5 Å². The summed E-state index contributed by atoms with van der Waals surface area (Å²) in [5.41, 5.74) is 3.42. The number of nitrogens with zero attached hydrogens (tertiary/aromatic N) is 2. The molecule has 0 aliphatic rings. The van der Waals surface area contributed by atoms with E-state index in [-0.39, 0.29) is 0 Å². The van der Waals surface area contributed by atoms with Crippen molar-refractivity contribution in [1.29, 1.82) is 0 Å². The van der Waals surface area contributed by atoms with Crippen LogP contribution in [0.5, 0.6) is 0 Å². The van der Waals surface area contributed by atoms with Crippen molar-refractivity contribution in [1.82, 2.24) is 0 Å². The van der Waals surface area contributed by atoms with E-state index in [1.54, 1.807) is 4.73 Å². The molecule has 0 spiro atoms. The van der Waals surface area contributed by atoms with Gasteiger partial charge in [-0.2, -0.15) is 0 Å². The first-order chi connectivity index (χ1) is 8.66. The lowest BCUT2D eigenvalue weighted by molar-refractivity contribution is -0.899. The Bertz CT molecular complexity index is 509. The fourth-order valence-electron chi connectivity index (χ4n) is 1.73. The van der Waals surface area contributed by atoms with Crippen molar-refractivity contribution >= 4 is 5.69 Å². The van der Waals surface area contributed by atoms with E-state index < -0.39 is 0 Å². The minimum Gasteiger partial charge on any atom is -0.377 e. The van der Waals surface area contributed by atoms with Gasteiger partial charge in [0.1, 0.15) is 0 Å². The zero-order chi connectivity index (χ0) is 13.0. The minimum absolute atomic E-state index is 0.577. The van der Waals surface area contributed by atoms with Gasteiger partial charge in [0.2, 0.25) is 11.9 Å². The highest BCUT2D eigenvalue weighted by molar-refractivity contribution is 5.43. The Kier molecular flexibility index (Phi) is 3.82. The Hall–Kier alpha value is -2.03. The Morgan fingerprint density at radius 2 is 1.83 bits per heavy atom. The Morgan fingerprint density at radius 3 is 2.44 bits per heavy atom. The number of hydrogen-bond donors (Lipinski definition) is 0. The number of pyridine rings is 1. The molecule has 3 nitrogen and oxygen atoms in total. The molecule has 1 aromatic carbocycles. The van der Waals surface area contributed by atoms with Crippen LogP contribution in [0.15, 0.2) is 48.7 Å². The third-order valence-electron chi connectivity index (χ3n) is 2.81. The molecule has 0 saturated heterocycles. The summed E-state index contributed by atoms with van der Waals surface area (Å²) in [4.78, 5) is 7.83. The monoisotopic (exact) mass is 243 g/mol. The molecule has 0 N–H and O–H groups in total. The molecule has 0 unspecified atom stereocenters. The molecule has 0 aliphatic carbocycles. The van der Waals surface area contributed by atoms with Crippen LogP contribution in [0.25, 0.3) is 0 Å². The van der Waals surface area contributed by atoms with Gasteiger partial charge in [0.05, 0.1) is 0 Å². The van der Waals surface area contributed by atoms with Crippen LogP contribution in [-0.2, 0) is 6.61 Å². The van der Waals surface area contributed by atoms with Crippen molar-refractivity contribution in [3.8, 4) is 0 Å². The molecule has 94 valence electrons. The zero-order valence-corrected chi connectivity index (χ0v) is 11.1. The molecule has 2 rings (SSSR count). The maximum absolute atomic E-state index is 5.76. The number of aromatic nitrogens is 1. The standard InChI is InChI=1S/C15H19N2O/c1-13-11-15(16(2)3)9-10-17(13)18-12-14-7-5-4-6-8-14/h4-11H,12H2,1-3H3/q+1. The first-order valence-electron chi connectivity index (χ1n) is 6.03. The Morgan fingerprint density at radius 1 is 1.11 bits per heavy atom.